The van der Waals surface area contributed by atoms with Crippen LogP contribution < -0.4 is 0 Å². The SMILES string of the molecule is C[Si](C)(C)OCCC#COS(=O)(=O)C(F)(F)F. The van der Waals surface area contributed by atoms with Crippen molar-refractivity contribution in [2.24, 2.45) is 0 Å². The molecule has 0 saturated carbocycles. The fraction of sp³-hybridized carbons (Fsp3) is 0.750. The van der Waals surface area contributed by atoms with E-state index in [4.69, 9.17) is 4.43 Å². The van der Waals surface area contributed by atoms with E-state index in [-0.39, 0.29) is 13.0 Å². The molecule has 0 bridgehead atoms. The Hall–Kier alpha value is -0.723. The van der Waals surface area contributed by atoms with E-state index in [1.807, 2.05) is 19.6 Å². The van der Waals surface area contributed by atoms with Crippen LogP contribution in [0, 0.1) is 12.0 Å². The molecule has 17 heavy (non-hydrogen) atoms. The van der Waals surface area contributed by atoms with Gasteiger partial charge >= 0.3 is 15.6 Å². The summed E-state index contributed by atoms with van der Waals surface area (Å²) in [5, 5.41) is 0. The minimum absolute atomic E-state index is 0.109. The topological polar surface area (TPSA) is 52.6 Å². The Morgan fingerprint density at radius 1 is 1.24 bits per heavy atom. The van der Waals surface area contributed by atoms with Crippen LogP contribution in [0.15, 0.2) is 0 Å². The van der Waals surface area contributed by atoms with Gasteiger partial charge in [0.15, 0.2) is 8.32 Å². The molecule has 0 atom stereocenters. The van der Waals surface area contributed by atoms with Crippen molar-refractivity contribution < 1.29 is 30.2 Å². The first kappa shape index (κ1) is 16.3. The highest BCUT2D eigenvalue weighted by Gasteiger charge is 2.48. The van der Waals surface area contributed by atoms with Crippen LogP contribution in [-0.4, -0.2) is 28.9 Å². The van der Waals surface area contributed by atoms with E-state index in [1.54, 1.807) is 0 Å². The van der Waals surface area contributed by atoms with Crippen LogP contribution in [-0.2, 0) is 18.7 Å². The lowest BCUT2D eigenvalue weighted by atomic mass is 10.5. The van der Waals surface area contributed by atoms with Gasteiger partial charge in [0.2, 0.25) is 0 Å². The zero-order valence-corrected chi connectivity index (χ0v) is 11.4. The van der Waals surface area contributed by atoms with Crippen molar-refractivity contribution in [2.75, 3.05) is 6.61 Å². The van der Waals surface area contributed by atoms with Gasteiger partial charge in [0.1, 0.15) is 6.11 Å². The second-order valence-electron chi connectivity index (χ2n) is 3.97. The summed E-state index contributed by atoms with van der Waals surface area (Å²) in [5.74, 6) is 2.13. The van der Waals surface area contributed by atoms with Crippen molar-refractivity contribution >= 4 is 18.4 Å². The zero-order valence-electron chi connectivity index (χ0n) is 9.59. The predicted molar refractivity (Wildman–Crippen MR) is 57.8 cm³/mol. The normalized spacial score (nSPS) is 12.8. The first-order chi connectivity index (χ1) is 7.46. The van der Waals surface area contributed by atoms with E-state index in [9.17, 15) is 21.6 Å². The summed E-state index contributed by atoms with van der Waals surface area (Å²) in [4.78, 5) is 0. The number of alkyl halides is 3. The fourth-order valence-electron chi connectivity index (χ4n) is 0.591. The number of hydrogen-bond acceptors (Lipinski definition) is 4. The third-order valence-corrected chi connectivity index (χ3v) is 3.21. The molecule has 0 aromatic heterocycles. The zero-order chi connectivity index (χ0) is 13.7. The molecule has 0 spiro atoms. The Kier molecular flexibility index (Phi) is 5.50. The van der Waals surface area contributed by atoms with Crippen molar-refractivity contribution in [3.05, 3.63) is 0 Å². The van der Waals surface area contributed by atoms with E-state index in [0.717, 1.165) is 0 Å². The molecule has 100 valence electrons. The lowest BCUT2D eigenvalue weighted by Crippen LogP contribution is -2.25. The van der Waals surface area contributed by atoms with E-state index >= 15 is 0 Å². The van der Waals surface area contributed by atoms with Crippen molar-refractivity contribution in [2.45, 2.75) is 31.6 Å². The molecule has 0 saturated heterocycles. The summed E-state index contributed by atoms with van der Waals surface area (Å²) in [6.07, 6.45) is 1.60. The average Bonchev–Trinajstić information content (AvgIpc) is 2.07. The maximum Gasteiger partial charge on any atom is 0.535 e. The van der Waals surface area contributed by atoms with Crippen LogP contribution in [0.4, 0.5) is 13.2 Å². The highest BCUT2D eigenvalue weighted by molar-refractivity contribution is 7.87. The molecule has 0 heterocycles. The molecule has 0 rings (SSSR count). The van der Waals surface area contributed by atoms with E-state index < -0.39 is 23.9 Å². The molecule has 0 fully saturated rings. The van der Waals surface area contributed by atoms with Gasteiger partial charge in [0.25, 0.3) is 0 Å². The molecular weight excluding hydrogens is 277 g/mol. The van der Waals surface area contributed by atoms with E-state index in [2.05, 4.69) is 10.1 Å². The smallest absolute Gasteiger partial charge is 0.417 e. The van der Waals surface area contributed by atoms with Crippen LogP contribution >= 0.6 is 0 Å². The Morgan fingerprint density at radius 3 is 2.18 bits per heavy atom. The highest BCUT2D eigenvalue weighted by atomic mass is 32.2. The Morgan fingerprint density at radius 2 is 1.76 bits per heavy atom. The van der Waals surface area contributed by atoms with Crippen molar-refractivity contribution in [1.82, 2.24) is 0 Å². The third-order valence-electron chi connectivity index (χ3n) is 1.27. The summed E-state index contributed by atoms with van der Waals surface area (Å²) in [6.45, 7) is 6.04. The molecule has 4 nitrogen and oxygen atoms in total. The largest absolute Gasteiger partial charge is 0.535 e. The van der Waals surface area contributed by atoms with Crippen LogP contribution in [0.3, 0.4) is 0 Å². The standard InChI is InChI=1S/C8H13F3O4SSi/c1-17(2,3)15-7-5-4-6-14-16(12,13)8(9,10)11/h5,7H2,1-3H3. The summed E-state index contributed by atoms with van der Waals surface area (Å²) in [7, 11) is -7.31. The monoisotopic (exact) mass is 290 g/mol. The molecular formula is C8H13F3O4SSi. The molecule has 0 aliphatic heterocycles. The van der Waals surface area contributed by atoms with Crippen molar-refractivity contribution in [3.63, 3.8) is 0 Å². The number of hydrogen-bond donors (Lipinski definition) is 0. The molecule has 0 aromatic carbocycles. The molecule has 9 heteroatoms. The minimum Gasteiger partial charge on any atom is -0.417 e. The summed E-state index contributed by atoms with van der Waals surface area (Å²) >= 11 is 0. The lowest BCUT2D eigenvalue weighted by Gasteiger charge is -2.15. The second kappa shape index (κ2) is 5.75. The molecule has 0 radical (unpaired) electrons. The van der Waals surface area contributed by atoms with Crippen LogP contribution in [0.25, 0.3) is 0 Å². The van der Waals surface area contributed by atoms with Gasteiger partial charge < -0.3 is 8.61 Å². The van der Waals surface area contributed by atoms with Gasteiger partial charge in [-0.2, -0.15) is 21.6 Å². The van der Waals surface area contributed by atoms with E-state index in [1.165, 1.54) is 6.11 Å². The predicted octanol–water partition coefficient (Wildman–Crippen LogP) is 2.06. The van der Waals surface area contributed by atoms with Gasteiger partial charge in [0.05, 0.1) is 0 Å². The number of rotatable bonds is 4. The van der Waals surface area contributed by atoms with Gasteiger partial charge in [-0.05, 0) is 19.6 Å². The Bertz CT molecular complexity index is 399. The molecule has 0 amide bonds. The number of halogens is 3. The minimum atomic E-state index is -5.62. The molecule has 0 aliphatic carbocycles. The first-order valence-electron chi connectivity index (χ1n) is 4.57. The summed E-state index contributed by atoms with van der Waals surface area (Å²) in [5.41, 5.74) is -5.45. The molecule has 0 aliphatic rings. The first-order valence-corrected chi connectivity index (χ1v) is 9.39. The second-order valence-corrected chi connectivity index (χ2v) is 10.0. The Labute approximate surface area is 99.4 Å². The van der Waals surface area contributed by atoms with Crippen LogP contribution in [0.2, 0.25) is 19.6 Å². The van der Waals surface area contributed by atoms with Gasteiger partial charge in [-0.25, -0.2) is 0 Å². The summed E-state index contributed by atoms with van der Waals surface area (Å²) in [6, 6.07) is 0. The Balaban J connectivity index is 4.08. The molecule has 0 aromatic rings. The third kappa shape index (κ3) is 7.25. The maximum absolute atomic E-state index is 11.8. The lowest BCUT2D eigenvalue weighted by molar-refractivity contribution is -0.0509. The van der Waals surface area contributed by atoms with E-state index in [0.29, 0.717) is 0 Å². The van der Waals surface area contributed by atoms with Crippen LogP contribution in [0.1, 0.15) is 6.42 Å². The van der Waals surface area contributed by atoms with Crippen LogP contribution in [0.5, 0.6) is 0 Å². The van der Waals surface area contributed by atoms with Gasteiger partial charge in [-0.3, -0.25) is 0 Å². The quantitative estimate of drug-likeness (QED) is 0.261. The highest BCUT2D eigenvalue weighted by Crippen LogP contribution is 2.23. The fourth-order valence-corrected chi connectivity index (χ4v) is 1.57. The van der Waals surface area contributed by atoms with Gasteiger partial charge in [-0.1, -0.05) is 5.92 Å². The average molecular weight is 290 g/mol. The molecule has 0 N–H and O–H groups in total. The van der Waals surface area contributed by atoms with Crippen molar-refractivity contribution in [3.8, 4) is 12.0 Å². The summed E-state index contributed by atoms with van der Waals surface area (Å²) < 4.78 is 64.8. The van der Waals surface area contributed by atoms with Gasteiger partial charge in [-0.15, -0.1) is 0 Å². The van der Waals surface area contributed by atoms with Gasteiger partial charge in [0, 0.05) is 13.0 Å². The maximum atomic E-state index is 11.8. The van der Waals surface area contributed by atoms with Crippen molar-refractivity contribution in [1.29, 1.82) is 0 Å². The molecule has 0 unspecified atom stereocenters.